The quantitative estimate of drug-likeness (QED) is 0.694. The summed E-state index contributed by atoms with van der Waals surface area (Å²) in [4.78, 5) is 11.8. The van der Waals surface area contributed by atoms with E-state index in [2.05, 4.69) is 5.32 Å². The molecule has 0 saturated carbocycles. The van der Waals surface area contributed by atoms with Crippen molar-refractivity contribution in [2.75, 3.05) is 13.2 Å². The van der Waals surface area contributed by atoms with Gasteiger partial charge in [-0.15, -0.1) is 0 Å². The third-order valence-corrected chi connectivity index (χ3v) is 2.75. The summed E-state index contributed by atoms with van der Waals surface area (Å²) in [5.41, 5.74) is 1.04. The molecule has 0 radical (unpaired) electrons. The number of benzene rings is 1. The number of nitrogens with one attached hydrogen (secondary N) is 1. The van der Waals surface area contributed by atoms with E-state index in [-0.39, 0.29) is 25.5 Å². The number of rotatable bonds is 5. The van der Waals surface area contributed by atoms with Crippen LogP contribution in [0.5, 0.6) is 0 Å². The van der Waals surface area contributed by atoms with Gasteiger partial charge >= 0.3 is 0 Å². The van der Waals surface area contributed by atoms with Gasteiger partial charge in [-0.05, 0) is 25.0 Å². The van der Waals surface area contributed by atoms with E-state index in [0.717, 1.165) is 11.1 Å². The number of hydrogen-bond donors (Lipinski definition) is 3. The Morgan fingerprint density at radius 1 is 1.29 bits per heavy atom. The van der Waals surface area contributed by atoms with Gasteiger partial charge in [0.15, 0.2) is 0 Å². The average Bonchev–Trinajstić information content (AvgIpc) is 2.32. The van der Waals surface area contributed by atoms with Gasteiger partial charge in [-0.25, -0.2) is 0 Å². The molecular formula is C13H19NO3. The van der Waals surface area contributed by atoms with Gasteiger partial charge in [0.1, 0.15) is 0 Å². The molecule has 0 aliphatic heterocycles. The average molecular weight is 237 g/mol. The summed E-state index contributed by atoms with van der Waals surface area (Å²) in [6.45, 7) is 2.97. The van der Waals surface area contributed by atoms with Crippen molar-refractivity contribution in [1.29, 1.82) is 0 Å². The lowest BCUT2D eigenvalue weighted by Gasteiger charge is -2.26. The Morgan fingerprint density at radius 3 is 2.41 bits per heavy atom. The number of carbonyl (C=O) groups is 1. The molecule has 4 nitrogen and oxygen atoms in total. The second-order valence-corrected chi connectivity index (χ2v) is 4.53. The first-order valence-corrected chi connectivity index (χ1v) is 5.58. The van der Waals surface area contributed by atoms with Gasteiger partial charge in [-0.2, -0.15) is 0 Å². The Hall–Kier alpha value is -1.39. The van der Waals surface area contributed by atoms with Crippen LogP contribution in [0.3, 0.4) is 0 Å². The fourth-order valence-corrected chi connectivity index (χ4v) is 1.49. The van der Waals surface area contributed by atoms with Crippen molar-refractivity contribution in [3.63, 3.8) is 0 Å². The van der Waals surface area contributed by atoms with Gasteiger partial charge in [0, 0.05) is 0 Å². The summed E-state index contributed by atoms with van der Waals surface area (Å²) in [6, 6.07) is 7.64. The molecule has 94 valence electrons. The van der Waals surface area contributed by atoms with Crippen LogP contribution in [0.1, 0.15) is 18.1 Å². The van der Waals surface area contributed by atoms with Crippen molar-refractivity contribution in [2.24, 2.45) is 0 Å². The number of carbonyl (C=O) groups excluding carboxylic acids is 1. The van der Waals surface area contributed by atoms with E-state index in [1.54, 1.807) is 6.92 Å². The third-order valence-electron chi connectivity index (χ3n) is 2.75. The van der Waals surface area contributed by atoms with Crippen LogP contribution < -0.4 is 5.32 Å². The number of amides is 1. The van der Waals surface area contributed by atoms with Crippen molar-refractivity contribution < 1.29 is 15.0 Å². The molecule has 1 rings (SSSR count). The first-order chi connectivity index (χ1) is 8.00. The molecule has 1 aromatic carbocycles. The highest BCUT2D eigenvalue weighted by Gasteiger charge is 2.24. The summed E-state index contributed by atoms with van der Waals surface area (Å²) in [7, 11) is 0. The van der Waals surface area contributed by atoms with Crippen molar-refractivity contribution in [1.82, 2.24) is 5.32 Å². The highest BCUT2D eigenvalue weighted by atomic mass is 16.3. The van der Waals surface area contributed by atoms with Crippen LogP contribution >= 0.6 is 0 Å². The molecule has 17 heavy (non-hydrogen) atoms. The molecular weight excluding hydrogens is 218 g/mol. The first kappa shape index (κ1) is 13.7. The molecule has 0 aliphatic rings. The molecule has 3 N–H and O–H groups in total. The van der Waals surface area contributed by atoms with E-state index >= 15 is 0 Å². The molecule has 1 aromatic rings. The zero-order chi connectivity index (χ0) is 12.9. The topological polar surface area (TPSA) is 69.6 Å². The van der Waals surface area contributed by atoms with E-state index in [4.69, 9.17) is 10.2 Å². The molecule has 0 fully saturated rings. The van der Waals surface area contributed by atoms with Crippen molar-refractivity contribution in [3.8, 4) is 0 Å². The first-order valence-electron chi connectivity index (χ1n) is 5.58. The second-order valence-electron chi connectivity index (χ2n) is 4.53. The van der Waals surface area contributed by atoms with Gasteiger partial charge in [-0.1, -0.05) is 24.3 Å². The van der Waals surface area contributed by atoms with Crippen LogP contribution in [-0.4, -0.2) is 34.9 Å². The van der Waals surface area contributed by atoms with Crippen LogP contribution in [0, 0.1) is 6.92 Å². The highest BCUT2D eigenvalue weighted by Crippen LogP contribution is 2.09. The van der Waals surface area contributed by atoms with Crippen molar-refractivity contribution in [2.45, 2.75) is 25.8 Å². The monoisotopic (exact) mass is 237 g/mol. The Bertz CT molecular complexity index is 386. The molecule has 0 atom stereocenters. The van der Waals surface area contributed by atoms with Crippen LogP contribution in [0.25, 0.3) is 0 Å². The van der Waals surface area contributed by atoms with Gasteiger partial charge in [-0.3, -0.25) is 4.79 Å². The summed E-state index contributed by atoms with van der Waals surface area (Å²) in [6.07, 6.45) is 0.252. The van der Waals surface area contributed by atoms with Crippen LogP contribution in [0.4, 0.5) is 0 Å². The molecule has 0 aliphatic carbocycles. The SMILES string of the molecule is Cc1ccccc1CC(=O)NC(C)(CO)CO. The standard InChI is InChI=1S/C13H19NO3/c1-10-5-3-4-6-11(10)7-12(17)14-13(2,8-15)9-16/h3-6,15-16H,7-9H2,1-2H3,(H,14,17). The summed E-state index contributed by atoms with van der Waals surface area (Å²) < 4.78 is 0. The Morgan fingerprint density at radius 2 is 1.88 bits per heavy atom. The lowest BCUT2D eigenvalue weighted by molar-refractivity contribution is -0.123. The maximum absolute atomic E-state index is 11.8. The van der Waals surface area contributed by atoms with E-state index < -0.39 is 5.54 Å². The number of hydrogen-bond acceptors (Lipinski definition) is 3. The second kappa shape index (κ2) is 5.80. The molecule has 0 unspecified atom stereocenters. The number of aliphatic hydroxyl groups excluding tert-OH is 2. The molecule has 0 heterocycles. The van der Waals surface area contributed by atoms with Gasteiger partial charge in [0.25, 0.3) is 0 Å². The minimum absolute atomic E-state index is 0.204. The largest absolute Gasteiger partial charge is 0.394 e. The summed E-state index contributed by atoms with van der Waals surface area (Å²) in [5.74, 6) is -0.204. The maximum atomic E-state index is 11.8. The molecule has 0 bridgehead atoms. The summed E-state index contributed by atoms with van der Waals surface area (Å²) in [5, 5.41) is 20.8. The predicted octanol–water partition coefficient (Wildman–Crippen LogP) is 0.397. The van der Waals surface area contributed by atoms with Gasteiger partial charge in [0.05, 0.1) is 25.2 Å². The minimum atomic E-state index is -0.959. The van der Waals surface area contributed by atoms with Crippen LogP contribution in [0.2, 0.25) is 0 Å². The van der Waals surface area contributed by atoms with E-state index in [1.165, 1.54) is 0 Å². The lowest BCUT2D eigenvalue weighted by atomic mass is 10.0. The van der Waals surface area contributed by atoms with Crippen molar-refractivity contribution in [3.05, 3.63) is 35.4 Å². The highest BCUT2D eigenvalue weighted by molar-refractivity contribution is 5.79. The molecule has 1 amide bonds. The van der Waals surface area contributed by atoms with Crippen LogP contribution in [0.15, 0.2) is 24.3 Å². The number of aryl methyl sites for hydroxylation is 1. The molecule has 0 saturated heterocycles. The Kier molecular flexibility index (Phi) is 4.66. The third kappa shape index (κ3) is 3.84. The molecule has 0 aromatic heterocycles. The maximum Gasteiger partial charge on any atom is 0.225 e. The number of aliphatic hydroxyl groups is 2. The Balaban J connectivity index is 2.65. The molecule has 4 heteroatoms. The predicted molar refractivity (Wildman–Crippen MR) is 65.6 cm³/mol. The van der Waals surface area contributed by atoms with Gasteiger partial charge < -0.3 is 15.5 Å². The Labute approximate surface area is 101 Å². The lowest BCUT2D eigenvalue weighted by Crippen LogP contribution is -2.52. The normalized spacial score (nSPS) is 11.3. The van der Waals surface area contributed by atoms with E-state index in [1.807, 2.05) is 31.2 Å². The van der Waals surface area contributed by atoms with Crippen LogP contribution in [-0.2, 0) is 11.2 Å². The zero-order valence-electron chi connectivity index (χ0n) is 10.2. The van der Waals surface area contributed by atoms with Crippen molar-refractivity contribution >= 4 is 5.91 Å². The fraction of sp³-hybridized carbons (Fsp3) is 0.462. The minimum Gasteiger partial charge on any atom is -0.394 e. The summed E-state index contributed by atoms with van der Waals surface area (Å²) >= 11 is 0. The van der Waals surface area contributed by atoms with E-state index in [9.17, 15) is 4.79 Å². The van der Waals surface area contributed by atoms with E-state index in [0.29, 0.717) is 0 Å². The van der Waals surface area contributed by atoms with Gasteiger partial charge in [0.2, 0.25) is 5.91 Å². The fourth-order valence-electron chi connectivity index (χ4n) is 1.49. The smallest absolute Gasteiger partial charge is 0.225 e. The zero-order valence-corrected chi connectivity index (χ0v) is 10.2. The molecule has 0 spiro atoms.